The summed E-state index contributed by atoms with van der Waals surface area (Å²) in [7, 11) is 0. The number of rotatable bonds is 2. The molecule has 2 aromatic heterocycles. The van der Waals surface area contributed by atoms with Crippen molar-refractivity contribution in [1.82, 2.24) is 20.2 Å². The Balaban J connectivity index is 1.93. The topological polar surface area (TPSA) is 51.6 Å². The molecule has 0 aliphatic heterocycles. The van der Waals surface area contributed by atoms with Crippen molar-refractivity contribution in [2.75, 3.05) is 0 Å². The molecule has 3 rings (SSSR count). The van der Waals surface area contributed by atoms with Crippen LogP contribution in [0.1, 0.15) is 5.82 Å². The zero-order chi connectivity index (χ0) is 13.1. The average molecular weight is 248 g/mol. The molecule has 3 aromatic rings. The summed E-state index contributed by atoms with van der Waals surface area (Å²) in [6.45, 7) is 1.88. The van der Waals surface area contributed by atoms with Crippen LogP contribution in [0.3, 0.4) is 0 Å². The maximum absolute atomic E-state index is 4.20. The van der Waals surface area contributed by atoms with Crippen molar-refractivity contribution in [2.45, 2.75) is 6.92 Å². The second-order valence-corrected chi connectivity index (χ2v) is 4.21. The lowest BCUT2D eigenvalue weighted by Crippen LogP contribution is -1.88. The highest BCUT2D eigenvalue weighted by atomic mass is 15.1. The number of hydrogen-bond donors (Lipinski definition) is 0. The van der Waals surface area contributed by atoms with Crippen LogP contribution in [0, 0.1) is 6.92 Å². The number of benzene rings is 1. The second-order valence-electron chi connectivity index (χ2n) is 4.21. The van der Waals surface area contributed by atoms with Gasteiger partial charge in [0, 0.05) is 29.7 Å². The van der Waals surface area contributed by atoms with Gasteiger partial charge < -0.3 is 0 Å². The van der Waals surface area contributed by atoms with E-state index in [0.29, 0.717) is 0 Å². The van der Waals surface area contributed by atoms with Gasteiger partial charge in [0.2, 0.25) is 0 Å². The molecule has 0 N–H and O–H groups in total. The molecule has 19 heavy (non-hydrogen) atoms. The van der Waals surface area contributed by atoms with E-state index < -0.39 is 0 Å². The number of aromatic nitrogens is 4. The molecule has 0 spiro atoms. The van der Waals surface area contributed by atoms with Crippen LogP contribution < -0.4 is 0 Å². The normalized spacial score (nSPS) is 10.4. The first-order chi connectivity index (χ1) is 9.33. The molecule has 2 heterocycles. The Bertz CT molecular complexity index is 661. The highest BCUT2D eigenvalue weighted by Gasteiger charge is 2.01. The van der Waals surface area contributed by atoms with Crippen molar-refractivity contribution >= 4 is 0 Å². The lowest BCUT2D eigenvalue weighted by molar-refractivity contribution is 1.04. The van der Waals surface area contributed by atoms with E-state index in [9.17, 15) is 0 Å². The largest absolute Gasteiger partial charge is 0.241 e. The third-order valence-corrected chi connectivity index (χ3v) is 2.87. The molecular weight excluding hydrogens is 236 g/mol. The summed E-state index contributed by atoms with van der Waals surface area (Å²) in [4.78, 5) is 8.41. The van der Waals surface area contributed by atoms with Crippen molar-refractivity contribution in [3.63, 3.8) is 0 Å². The molecule has 0 radical (unpaired) electrons. The third-order valence-electron chi connectivity index (χ3n) is 2.87. The smallest absolute Gasteiger partial charge is 0.125 e. The first-order valence-electron chi connectivity index (χ1n) is 6.00. The van der Waals surface area contributed by atoms with E-state index in [2.05, 4.69) is 20.2 Å². The van der Waals surface area contributed by atoms with Gasteiger partial charge in [-0.25, -0.2) is 9.97 Å². The Labute approximate surface area is 111 Å². The molecule has 4 nitrogen and oxygen atoms in total. The van der Waals surface area contributed by atoms with Crippen LogP contribution in [0.5, 0.6) is 0 Å². The van der Waals surface area contributed by atoms with E-state index in [1.807, 2.05) is 55.7 Å². The highest BCUT2D eigenvalue weighted by Crippen LogP contribution is 2.22. The molecular formula is C15H12N4. The molecule has 0 amide bonds. The van der Waals surface area contributed by atoms with E-state index in [1.165, 1.54) is 0 Å². The van der Waals surface area contributed by atoms with Crippen molar-refractivity contribution in [1.29, 1.82) is 0 Å². The Kier molecular flexibility index (Phi) is 2.98. The van der Waals surface area contributed by atoms with Crippen molar-refractivity contribution in [2.24, 2.45) is 0 Å². The first-order valence-corrected chi connectivity index (χ1v) is 6.00. The van der Waals surface area contributed by atoms with E-state index in [-0.39, 0.29) is 0 Å². The minimum Gasteiger partial charge on any atom is -0.241 e. The van der Waals surface area contributed by atoms with Crippen LogP contribution in [0.4, 0.5) is 0 Å². The summed E-state index contributed by atoms with van der Waals surface area (Å²) in [5.41, 5.74) is 4.02. The summed E-state index contributed by atoms with van der Waals surface area (Å²) in [6.07, 6.45) is 5.33. The number of nitrogens with zero attached hydrogens (tertiary/aromatic N) is 4. The maximum Gasteiger partial charge on any atom is 0.125 e. The lowest BCUT2D eigenvalue weighted by Gasteiger charge is -2.03. The molecule has 0 saturated carbocycles. The predicted octanol–water partition coefficient (Wildman–Crippen LogP) is 2.91. The van der Waals surface area contributed by atoms with Gasteiger partial charge in [-0.05, 0) is 24.6 Å². The molecule has 0 fully saturated rings. The second kappa shape index (κ2) is 4.94. The maximum atomic E-state index is 4.20. The summed E-state index contributed by atoms with van der Waals surface area (Å²) in [5, 5.41) is 7.97. The van der Waals surface area contributed by atoms with Gasteiger partial charge in [-0.15, -0.1) is 0 Å². The Morgan fingerprint density at radius 3 is 2.11 bits per heavy atom. The number of aryl methyl sites for hydroxylation is 1. The van der Waals surface area contributed by atoms with E-state index in [4.69, 9.17) is 0 Å². The van der Waals surface area contributed by atoms with Gasteiger partial charge in [-0.2, -0.15) is 10.2 Å². The first kappa shape index (κ1) is 11.5. The number of hydrogen-bond acceptors (Lipinski definition) is 4. The molecule has 0 atom stereocenters. The fourth-order valence-corrected chi connectivity index (χ4v) is 1.83. The summed E-state index contributed by atoms with van der Waals surface area (Å²) in [5.74, 6) is 0.778. The molecule has 1 aromatic carbocycles. The van der Waals surface area contributed by atoms with Crippen LogP contribution in [0.25, 0.3) is 22.4 Å². The SMILES string of the molecule is Cc1ncc(-c2ccc(-c3cccnn3)cc2)cn1. The minimum absolute atomic E-state index is 0.778. The monoisotopic (exact) mass is 248 g/mol. The van der Waals surface area contributed by atoms with Crippen LogP contribution in [0.15, 0.2) is 55.0 Å². The minimum atomic E-state index is 0.778. The molecule has 0 unspecified atom stereocenters. The molecule has 92 valence electrons. The molecule has 4 heteroatoms. The van der Waals surface area contributed by atoms with Crippen LogP contribution >= 0.6 is 0 Å². The molecule has 0 aliphatic rings. The van der Waals surface area contributed by atoms with E-state index in [0.717, 1.165) is 28.2 Å². The fourth-order valence-electron chi connectivity index (χ4n) is 1.83. The molecule has 0 saturated heterocycles. The van der Waals surface area contributed by atoms with Crippen molar-refractivity contribution in [3.05, 3.63) is 60.8 Å². The van der Waals surface area contributed by atoms with Gasteiger partial charge in [-0.1, -0.05) is 24.3 Å². The van der Waals surface area contributed by atoms with Gasteiger partial charge in [0.05, 0.1) is 5.69 Å². The van der Waals surface area contributed by atoms with Crippen molar-refractivity contribution in [3.8, 4) is 22.4 Å². The predicted molar refractivity (Wildman–Crippen MR) is 73.2 cm³/mol. The average Bonchev–Trinajstić information content (AvgIpc) is 2.49. The standard InChI is InChI=1S/C15H12N4/c1-11-16-9-14(10-17-11)12-4-6-13(7-5-12)15-3-2-8-18-19-15/h2-10H,1H3. The zero-order valence-electron chi connectivity index (χ0n) is 10.5. The summed E-state index contributed by atoms with van der Waals surface area (Å²) in [6, 6.07) is 12.0. The lowest BCUT2D eigenvalue weighted by atomic mass is 10.1. The van der Waals surface area contributed by atoms with Gasteiger partial charge in [0.15, 0.2) is 0 Å². The summed E-state index contributed by atoms with van der Waals surface area (Å²) >= 11 is 0. The van der Waals surface area contributed by atoms with Crippen molar-refractivity contribution < 1.29 is 0 Å². The Hall–Kier alpha value is -2.62. The third kappa shape index (κ3) is 2.47. The van der Waals surface area contributed by atoms with Gasteiger partial charge in [0.1, 0.15) is 5.82 Å². The van der Waals surface area contributed by atoms with Crippen LogP contribution in [0.2, 0.25) is 0 Å². The van der Waals surface area contributed by atoms with Gasteiger partial charge >= 0.3 is 0 Å². The van der Waals surface area contributed by atoms with Gasteiger partial charge in [0.25, 0.3) is 0 Å². The Morgan fingerprint density at radius 1 is 0.789 bits per heavy atom. The fraction of sp³-hybridized carbons (Fsp3) is 0.0667. The van der Waals surface area contributed by atoms with E-state index >= 15 is 0 Å². The highest BCUT2D eigenvalue weighted by molar-refractivity contribution is 5.67. The van der Waals surface area contributed by atoms with Crippen LogP contribution in [-0.2, 0) is 0 Å². The van der Waals surface area contributed by atoms with Crippen LogP contribution in [-0.4, -0.2) is 20.2 Å². The van der Waals surface area contributed by atoms with Gasteiger partial charge in [-0.3, -0.25) is 0 Å². The molecule has 0 aliphatic carbocycles. The molecule has 0 bridgehead atoms. The quantitative estimate of drug-likeness (QED) is 0.699. The Morgan fingerprint density at radius 2 is 1.47 bits per heavy atom. The summed E-state index contributed by atoms with van der Waals surface area (Å²) < 4.78 is 0. The zero-order valence-corrected chi connectivity index (χ0v) is 10.5. The van der Waals surface area contributed by atoms with E-state index in [1.54, 1.807) is 6.20 Å².